The van der Waals surface area contributed by atoms with Crippen LogP contribution < -0.4 is 9.47 Å². The number of carbonyl (C=O) groups excluding carboxylic acids is 1. The molecule has 0 saturated heterocycles. The van der Waals surface area contributed by atoms with Gasteiger partial charge in [0.05, 0.1) is 5.57 Å². The molecule has 2 unspecified atom stereocenters. The minimum Gasteiger partial charge on any atom is -0.454 e. The molecule has 0 fully saturated rings. The standard InChI is InChI=1S/C20H26N2O6/c1-14(9-15-6-7-17-18(10-15)26-12-25-17)22(3)20(24)28-13-27-19(23)16-5-4-8-21(2)11-16/h4,6-8,10-11,14,20,24H,5,9,12-13H2,1-3H3. The van der Waals surface area contributed by atoms with E-state index in [1.807, 2.05) is 44.4 Å². The number of esters is 1. The summed E-state index contributed by atoms with van der Waals surface area (Å²) in [6.07, 6.45) is 5.45. The molecule has 0 saturated carbocycles. The number of benzene rings is 1. The van der Waals surface area contributed by atoms with Gasteiger partial charge in [0, 0.05) is 25.7 Å². The Kier molecular flexibility index (Phi) is 6.56. The van der Waals surface area contributed by atoms with Crippen LogP contribution in [0.1, 0.15) is 18.9 Å². The zero-order valence-corrected chi connectivity index (χ0v) is 16.3. The van der Waals surface area contributed by atoms with E-state index in [2.05, 4.69) is 0 Å². The molecule has 2 aliphatic heterocycles. The van der Waals surface area contributed by atoms with Crippen molar-refractivity contribution in [1.82, 2.24) is 9.80 Å². The Morgan fingerprint density at radius 1 is 1.36 bits per heavy atom. The van der Waals surface area contributed by atoms with Gasteiger partial charge in [0.1, 0.15) is 0 Å². The second-order valence-electron chi connectivity index (χ2n) is 6.86. The van der Waals surface area contributed by atoms with E-state index in [0.717, 1.165) is 17.1 Å². The third-order valence-electron chi connectivity index (χ3n) is 4.72. The zero-order valence-electron chi connectivity index (χ0n) is 16.3. The quantitative estimate of drug-likeness (QED) is 0.532. The number of likely N-dealkylation sites (N-methyl/N-ethyl adjacent to an activating group) is 1. The normalized spacial score (nSPS) is 17.5. The lowest BCUT2D eigenvalue weighted by molar-refractivity contribution is -0.233. The molecule has 0 amide bonds. The van der Waals surface area contributed by atoms with Crippen molar-refractivity contribution >= 4 is 5.97 Å². The van der Waals surface area contributed by atoms with Crippen LogP contribution in [-0.2, 0) is 20.7 Å². The van der Waals surface area contributed by atoms with Gasteiger partial charge in [-0.3, -0.25) is 4.90 Å². The highest BCUT2D eigenvalue weighted by Gasteiger charge is 2.21. The topological polar surface area (TPSA) is 80.7 Å². The third-order valence-corrected chi connectivity index (χ3v) is 4.72. The summed E-state index contributed by atoms with van der Waals surface area (Å²) in [4.78, 5) is 15.5. The fourth-order valence-corrected chi connectivity index (χ4v) is 2.95. The number of aliphatic hydroxyl groups is 1. The summed E-state index contributed by atoms with van der Waals surface area (Å²) in [7, 11) is 3.58. The minimum atomic E-state index is -1.19. The smallest absolute Gasteiger partial charge is 0.337 e. The van der Waals surface area contributed by atoms with Gasteiger partial charge < -0.3 is 29.0 Å². The number of fused-ring (bicyclic) bond motifs is 1. The molecule has 0 bridgehead atoms. The van der Waals surface area contributed by atoms with Gasteiger partial charge in [0.25, 0.3) is 0 Å². The van der Waals surface area contributed by atoms with Gasteiger partial charge in [-0.2, -0.15) is 0 Å². The van der Waals surface area contributed by atoms with Gasteiger partial charge in [0.15, 0.2) is 18.3 Å². The van der Waals surface area contributed by atoms with Crippen molar-refractivity contribution in [2.45, 2.75) is 32.2 Å². The average Bonchev–Trinajstić information content (AvgIpc) is 3.15. The van der Waals surface area contributed by atoms with E-state index in [1.165, 1.54) is 0 Å². The lowest BCUT2D eigenvalue weighted by atomic mass is 10.1. The highest BCUT2D eigenvalue weighted by Crippen LogP contribution is 2.33. The number of carbonyl (C=O) groups is 1. The van der Waals surface area contributed by atoms with E-state index in [-0.39, 0.29) is 19.6 Å². The molecule has 2 atom stereocenters. The zero-order chi connectivity index (χ0) is 20.1. The second kappa shape index (κ2) is 9.09. The number of rotatable bonds is 8. The summed E-state index contributed by atoms with van der Waals surface area (Å²) in [5.74, 6) is 1.01. The Bertz CT molecular complexity index is 763. The summed E-state index contributed by atoms with van der Waals surface area (Å²) >= 11 is 0. The molecule has 0 radical (unpaired) electrons. The fraction of sp³-hybridized carbons (Fsp3) is 0.450. The van der Waals surface area contributed by atoms with Crippen LogP contribution in [0.5, 0.6) is 11.5 Å². The number of hydrogen-bond donors (Lipinski definition) is 1. The first kappa shape index (κ1) is 20.2. The van der Waals surface area contributed by atoms with Crippen LogP contribution in [0.3, 0.4) is 0 Å². The molecular formula is C20H26N2O6. The largest absolute Gasteiger partial charge is 0.454 e. The number of allylic oxidation sites excluding steroid dienone is 1. The van der Waals surface area contributed by atoms with Crippen LogP contribution in [0.25, 0.3) is 0 Å². The molecule has 1 N–H and O–H groups in total. The third kappa shape index (κ3) is 5.03. The van der Waals surface area contributed by atoms with Crippen molar-refractivity contribution < 1.29 is 28.8 Å². The van der Waals surface area contributed by atoms with Crippen LogP contribution in [0.4, 0.5) is 0 Å². The monoisotopic (exact) mass is 390 g/mol. The second-order valence-corrected chi connectivity index (χ2v) is 6.86. The molecule has 0 spiro atoms. The Morgan fingerprint density at radius 2 is 2.14 bits per heavy atom. The highest BCUT2D eigenvalue weighted by atomic mass is 16.7. The van der Waals surface area contributed by atoms with Gasteiger partial charge in [-0.05, 0) is 44.3 Å². The maximum absolute atomic E-state index is 12.0. The van der Waals surface area contributed by atoms with Crippen molar-refractivity contribution in [3.05, 3.63) is 47.8 Å². The van der Waals surface area contributed by atoms with Crippen LogP contribution in [0.2, 0.25) is 0 Å². The van der Waals surface area contributed by atoms with Crippen LogP contribution in [-0.4, -0.2) is 61.0 Å². The number of ether oxygens (including phenoxy) is 4. The first-order chi connectivity index (χ1) is 13.4. The maximum atomic E-state index is 12.0. The Balaban J connectivity index is 1.43. The molecule has 1 aromatic rings. The van der Waals surface area contributed by atoms with Crippen LogP contribution >= 0.6 is 0 Å². The van der Waals surface area contributed by atoms with E-state index < -0.39 is 12.4 Å². The van der Waals surface area contributed by atoms with Gasteiger partial charge >= 0.3 is 5.97 Å². The Labute approximate surface area is 164 Å². The molecule has 1 aromatic carbocycles. The minimum absolute atomic E-state index is 0.0223. The molecule has 0 aromatic heterocycles. The first-order valence-corrected chi connectivity index (χ1v) is 9.10. The molecular weight excluding hydrogens is 364 g/mol. The molecule has 152 valence electrons. The van der Waals surface area contributed by atoms with Crippen LogP contribution in [0.15, 0.2) is 42.2 Å². The highest BCUT2D eigenvalue weighted by molar-refractivity contribution is 5.88. The Morgan fingerprint density at radius 3 is 2.93 bits per heavy atom. The molecule has 8 heteroatoms. The SMILES string of the molecule is CC(Cc1ccc2c(c1)OCO2)N(C)C(O)OCOC(=O)C1=CN(C)C=CC1. The lowest BCUT2D eigenvalue weighted by Gasteiger charge is -2.29. The summed E-state index contributed by atoms with van der Waals surface area (Å²) < 4.78 is 21.1. The number of nitrogens with zero attached hydrogens (tertiary/aromatic N) is 2. The van der Waals surface area contributed by atoms with E-state index in [9.17, 15) is 9.90 Å². The summed E-state index contributed by atoms with van der Waals surface area (Å²) in [5.41, 5.74) is 1.59. The van der Waals surface area contributed by atoms with Crippen LogP contribution in [0, 0.1) is 0 Å². The van der Waals surface area contributed by atoms with E-state index >= 15 is 0 Å². The van der Waals surface area contributed by atoms with Gasteiger partial charge in [0.2, 0.25) is 13.2 Å². The first-order valence-electron chi connectivity index (χ1n) is 9.10. The molecule has 3 rings (SSSR count). The molecule has 0 aliphatic carbocycles. The molecule has 2 aliphatic rings. The van der Waals surface area contributed by atoms with E-state index in [1.54, 1.807) is 23.0 Å². The lowest BCUT2D eigenvalue weighted by Crippen LogP contribution is -2.41. The number of hydrogen-bond acceptors (Lipinski definition) is 8. The predicted molar refractivity (Wildman–Crippen MR) is 101 cm³/mol. The fourth-order valence-electron chi connectivity index (χ4n) is 2.95. The summed E-state index contributed by atoms with van der Waals surface area (Å²) in [6, 6.07) is 5.76. The molecule has 28 heavy (non-hydrogen) atoms. The molecule has 2 heterocycles. The van der Waals surface area contributed by atoms with Crippen molar-refractivity contribution in [2.75, 3.05) is 27.7 Å². The van der Waals surface area contributed by atoms with E-state index in [0.29, 0.717) is 18.4 Å². The van der Waals surface area contributed by atoms with Crippen molar-refractivity contribution in [2.24, 2.45) is 0 Å². The predicted octanol–water partition coefficient (Wildman–Crippen LogP) is 1.80. The van der Waals surface area contributed by atoms with Crippen molar-refractivity contribution in [3.63, 3.8) is 0 Å². The summed E-state index contributed by atoms with van der Waals surface area (Å²) in [5, 5.41) is 10.2. The molecule has 8 nitrogen and oxygen atoms in total. The Hall–Kier alpha value is -2.55. The summed E-state index contributed by atoms with van der Waals surface area (Å²) in [6.45, 7) is 1.88. The maximum Gasteiger partial charge on any atom is 0.337 e. The van der Waals surface area contributed by atoms with Gasteiger partial charge in [-0.25, -0.2) is 4.79 Å². The van der Waals surface area contributed by atoms with Gasteiger partial charge in [-0.1, -0.05) is 12.1 Å². The van der Waals surface area contributed by atoms with E-state index in [4.69, 9.17) is 18.9 Å². The van der Waals surface area contributed by atoms with Crippen molar-refractivity contribution in [3.8, 4) is 11.5 Å². The van der Waals surface area contributed by atoms with Crippen molar-refractivity contribution in [1.29, 1.82) is 0 Å². The number of aliphatic hydroxyl groups excluding tert-OH is 1. The average molecular weight is 390 g/mol. The van der Waals surface area contributed by atoms with Gasteiger partial charge in [-0.15, -0.1) is 0 Å².